The highest BCUT2D eigenvalue weighted by atomic mass is 16.5. The van der Waals surface area contributed by atoms with Crippen LogP contribution in [0.15, 0.2) is 6.33 Å². The zero-order chi connectivity index (χ0) is 13.0. The Kier molecular flexibility index (Phi) is 4.19. The van der Waals surface area contributed by atoms with Gasteiger partial charge in [0.1, 0.15) is 12.0 Å². The lowest BCUT2D eigenvalue weighted by Gasteiger charge is -2.20. The van der Waals surface area contributed by atoms with Crippen molar-refractivity contribution in [3.05, 3.63) is 6.33 Å². The topological polar surface area (TPSA) is 76.3 Å². The van der Waals surface area contributed by atoms with Gasteiger partial charge in [-0.2, -0.15) is 4.98 Å². The van der Waals surface area contributed by atoms with Gasteiger partial charge >= 0.3 is 0 Å². The normalized spacial score (nSPS) is 20.0. The highest BCUT2D eigenvalue weighted by Gasteiger charge is 2.21. The number of ether oxygens (including phenoxy) is 1. The molecule has 1 aromatic rings. The van der Waals surface area contributed by atoms with Gasteiger partial charge < -0.3 is 20.7 Å². The number of aromatic nitrogens is 2. The molecule has 0 aliphatic carbocycles. The van der Waals surface area contributed by atoms with Gasteiger partial charge in [-0.3, -0.25) is 0 Å². The van der Waals surface area contributed by atoms with Gasteiger partial charge in [-0.05, 0) is 33.4 Å². The molecule has 1 fully saturated rings. The molecule has 0 bridgehead atoms. The predicted octanol–water partition coefficient (Wildman–Crippen LogP) is 0.964. The molecular formula is C12H21N5O. The van der Waals surface area contributed by atoms with E-state index in [1.165, 1.54) is 19.2 Å². The minimum Gasteiger partial charge on any atom is -0.476 e. The van der Waals surface area contributed by atoms with E-state index in [0.29, 0.717) is 30.0 Å². The molecule has 2 heterocycles. The number of nitrogens with two attached hydrogens (primary N) is 1. The number of anilines is 2. The minimum atomic E-state index is 0.453. The maximum atomic E-state index is 5.96. The van der Waals surface area contributed by atoms with Crippen molar-refractivity contribution in [3.8, 4) is 5.88 Å². The number of hydrogen-bond acceptors (Lipinski definition) is 6. The highest BCUT2D eigenvalue weighted by Crippen LogP contribution is 2.25. The molecule has 0 spiro atoms. The Morgan fingerprint density at radius 3 is 3.06 bits per heavy atom. The van der Waals surface area contributed by atoms with Crippen LogP contribution in [0.4, 0.5) is 11.5 Å². The summed E-state index contributed by atoms with van der Waals surface area (Å²) in [4.78, 5) is 10.5. The van der Waals surface area contributed by atoms with E-state index in [2.05, 4.69) is 27.2 Å². The molecule has 0 radical (unpaired) electrons. The van der Waals surface area contributed by atoms with Crippen LogP contribution in [-0.2, 0) is 0 Å². The summed E-state index contributed by atoms with van der Waals surface area (Å²) >= 11 is 0. The Morgan fingerprint density at radius 2 is 2.39 bits per heavy atom. The van der Waals surface area contributed by atoms with E-state index in [9.17, 15) is 0 Å². The van der Waals surface area contributed by atoms with Crippen LogP contribution >= 0.6 is 0 Å². The van der Waals surface area contributed by atoms with E-state index in [-0.39, 0.29) is 0 Å². The van der Waals surface area contributed by atoms with Crippen molar-refractivity contribution in [1.82, 2.24) is 14.9 Å². The van der Waals surface area contributed by atoms with Gasteiger partial charge in [-0.15, -0.1) is 0 Å². The van der Waals surface area contributed by atoms with Gasteiger partial charge in [0.25, 0.3) is 0 Å². The minimum absolute atomic E-state index is 0.453. The number of rotatable bonds is 5. The fourth-order valence-electron chi connectivity index (χ4n) is 2.22. The van der Waals surface area contributed by atoms with Gasteiger partial charge in [0.2, 0.25) is 5.88 Å². The number of likely N-dealkylation sites (tertiary alicyclic amines) is 1. The molecule has 3 N–H and O–H groups in total. The summed E-state index contributed by atoms with van der Waals surface area (Å²) in [6.07, 6.45) is 3.95. The van der Waals surface area contributed by atoms with E-state index >= 15 is 0 Å². The van der Waals surface area contributed by atoms with Crippen molar-refractivity contribution in [3.63, 3.8) is 0 Å². The summed E-state index contributed by atoms with van der Waals surface area (Å²) in [5.74, 6) is 1.11. The van der Waals surface area contributed by atoms with Crippen LogP contribution in [0.5, 0.6) is 5.88 Å². The summed E-state index contributed by atoms with van der Waals surface area (Å²) in [6, 6.07) is 0.551. The third-order valence-corrected chi connectivity index (χ3v) is 3.31. The smallest absolute Gasteiger partial charge is 0.242 e. The van der Waals surface area contributed by atoms with Crippen LogP contribution in [0, 0.1) is 0 Å². The maximum Gasteiger partial charge on any atom is 0.242 e. The van der Waals surface area contributed by atoms with Crippen LogP contribution in [0.3, 0.4) is 0 Å². The van der Waals surface area contributed by atoms with Crippen LogP contribution in [-0.4, -0.2) is 47.7 Å². The number of nitrogens with zero attached hydrogens (tertiary/aromatic N) is 3. The monoisotopic (exact) mass is 251 g/mol. The van der Waals surface area contributed by atoms with E-state index in [1.54, 1.807) is 0 Å². The maximum absolute atomic E-state index is 5.96. The summed E-state index contributed by atoms with van der Waals surface area (Å²) in [5.41, 5.74) is 6.45. The average Bonchev–Trinajstić information content (AvgIpc) is 2.76. The largest absolute Gasteiger partial charge is 0.476 e. The van der Waals surface area contributed by atoms with Crippen LogP contribution in [0.25, 0.3) is 0 Å². The quantitative estimate of drug-likeness (QED) is 0.812. The van der Waals surface area contributed by atoms with E-state index in [0.717, 1.165) is 13.1 Å². The first-order valence-electron chi connectivity index (χ1n) is 6.39. The Hall–Kier alpha value is -1.56. The van der Waals surface area contributed by atoms with Gasteiger partial charge in [-0.25, -0.2) is 4.98 Å². The molecule has 6 nitrogen and oxygen atoms in total. The average molecular weight is 251 g/mol. The lowest BCUT2D eigenvalue weighted by molar-refractivity contribution is 0.321. The summed E-state index contributed by atoms with van der Waals surface area (Å²) < 4.78 is 5.34. The SMILES string of the molecule is CCOc1ncnc(NCC2CCCN2C)c1N. The number of likely N-dealkylation sites (N-methyl/N-ethyl adjacent to an activating group) is 1. The van der Waals surface area contributed by atoms with E-state index in [1.807, 2.05) is 6.92 Å². The van der Waals surface area contributed by atoms with Crippen molar-refractivity contribution in [1.29, 1.82) is 0 Å². The lowest BCUT2D eigenvalue weighted by Crippen LogP contribution is -2.31. The molecule has 1 aliphatic rings. The van der Waals surface area contributed by atoms with Crippen LogP contribution in [0.2, 0.25) is 0 Å². The molecule has 2 rings (SSSR count). The second kappa shape index (κ2) is 5.86. The summed E-state index contributed by atoms with van der Waals surface area (Å²) in [5, 5.41) is 3.29. The zero-order valence-electron chi connectivity index (χ0n) is 11.0. The Balaban J connectivity index is 1.98. The van der Waals surface area contributed by atoms with Crippen molar-refractivity contribution in [2.75, 3.05) is 37.8 Å². The molecule has 1 aliphatic heterocycles. The zero-order valence-corrected chi connectivity index (χ0v) is 11.0. The third-order valence-electron chi connectivity index (χ3n) is 3.31. The Bertz CT molecular complexity index is 398. The summed E-state index contributed by atoms with van der Waals surface area (Å²) in [7, 11) is 2.15. The fraction of sp³-hybridized carbons (Fsp3) is 0.667. The van der Waals surface area contributed by atoms with E-state index < -0.39 is 0 Å². The molecule has 1 aromatic heterocycles. The first-order chi connectivity index (χ1) is 8.72. The van der Waals surface area contributed by atoms with Crippen molar-refractivity contribution in [2.24, 2.45) is 0 Å². The van der Waals surface area contributed by atoms with Crippen LogP contribution < -0.4 is 15.8 Å². The van der Waals surface area contributed by atoms with Crippen molar-refractivity contribution in [2.45, 2.75) is 25.8 Å². The molecular weight excluding hydrogens is 230 g/mol. The highest BCUT2D eigenvalue weighted by molar-refractivity contribution is 5.66. The number of hydrogen-bond donors (Lipinski definition) is 2. The Morgan fingerprint density at radius 1 is 1.56 bits per heavy atom. The van der Waals surface area contributed by atoms with Crippen LogP contribution in [0.1, 0.15) is 19.8 Å². The first kappa shape index (κ1) is 12.9. The van der Waals surface area contributed by atoms with Gasteiger partial charge in [-0.1, -0.05) is 0 Å². The Labute approximate surface area is 108 Å². The molecule has 1 saturated heterocycles. The second-order valence-electron chi connectivity index (χ2n) is 4.53. The van der Waals surface area contributed by atoms with Gasteiger partial charge in [0, 0.05) is 12.6 Å². The molecule has 6 heteroatoms. The molecule has 18 heavy (non-hydrogen) atoms. The molecule has 0 aromatic carbocycles. The third kappa shape index (κ3) is 2.81. The molecule has 0 saturated carbocycles. The summed E-state index contributed by atoms with van der Waals surface area (Å²) in [6.45, 7) is 4.47. The molecule has 1 unspecified atom stereocenters. The molecule has 1 atom stereocenters. The van der Waals surface area contributed by atoms with Gasteiger partial charge in [0.15, 0.2) is 5.82 Å². The number of nitrogens with one attached hydrogen (secondary N) is 1. The second-order valence-corrected chi connectivity index (χ2v) is 4.53. The lowest BCUT2D eigenvalue weighted by atomic mass is 10.2. The van der Waals surface area contributed by atoms with Crippen molar-refractivity contribution >= 4 is 11.5 Å². The predicted molar refractivity (Wildman–Crippen MR) is 71.8 cm³/mol. The molecule has 0 amide bonds. The first-order valence-corrected chi connectivity index (χ1v) is 6.39. The van der Waals surface area contributed by atoms with Gasteiger partial charge in [0.05, 0.1) is 6.61 Å². The standard InChI is InChI=1S/C12H21N5O/c1-3-18-12-10(13)11(15-8-16-12)14-7-9-5-4-6-17(9)2/h8-9H,3-7,13H2,1-2H3,(H,14,15,16). The van der Waals surface area contributed by atoms with E-state index in [4.69, 9.17) is 10.5 Å². The molecule has 100 valence electrons. The fourth-order valence-corrected chi connectivity index (χ4v) is 2.22. The van der Waals surface area contributed by atoms with Crippen molar-refractivity contribution < 1.29 is 4.74 Å². The number of nitrogen functional groups attached to an aromatic ring is 1.